The maximum absolute atomic E-state index is 9.99. The van der Waals surface area contributed by atoms with E-state index in [9.17, 15) is 5.11 Å². The Balaban J connectivity index is 2.32. The molecule has 14 heavy (non-hydrogen) atoms. The monoisotopic (exact) mass is 268 g/mol. The van der Waals surface area contributed by atoms with Gasteiger partial charge in [-0.25, -0.2) is 0 Å². The van der Waals surface area contributed by atoms with E-state index >= 15 is 0 Å². The number of thiophene rings is 1. The zero-order valence-electron chi connectivity index (χ0n) is 7.35. The highest BCUT2D eigenvalue weighted by Crippen LogP contribution is 2.25. The fourth-order valence-corrected chi connectivity index (χ4v) is 2.40. The van der Waals surface area contributed by atoms with E-state index in [0.29, 0.717) is 0 Å². The largest absolute Gasteiger partial charge is 0.384 e. The minimum atomic E-state index is -0.515. The van der Waals surface area contributed by atoms with Crippen LogP contribution in [0.5, 0.6) is 0 Å². The molecule has 0 radical (unpaired) electrons. The van der Waals surface area contributed by atoms with Gasteiger partial charge >= 0.3 is 0 Å². The Morgan fingerprint density at radius 1 is 1.21 bits per heavy atom. The van der Waals surface area contributed by atoms with Gasteiger partial charge in [0.15, 0.2) is 0 Å². The van der Waals surface area contributed by atoms with Crippen LogP contribution >= 0.6 is 27.3 Å². The molecular formula is C11H9BrOS. The zero-order valence-corrected chi connectivity index (χ0v) is 9.75. The maximum atomic E-state index is 9.99. The molecule has 1 aromatic heterocycles. The van der Waals surface area contributed by atoms with E-state index in [1.807, 2.05) is 41.1 Å². The molecule has 72 valence electrons. The number of benzene rings is 1. The van der Waals surface area contributed by atoms with Gasteiger partial charge in [0.25, 0.3) is 0 Å². The van der Waals surface area contributed by atoms with E-state index in [0.717, 1.165) is 15.6 Å². The van der Waals surface area contributed by atoms with Crippen molar-refractivity contribution in [2.24, 2.45) is 0 Å². The van der Waals surface area contributed by atoms with Crippen LogP contribution in [0.4, 0.5) is 0 Å². The lowest BCUT2D eigenvalue weighted by molar-refractivity contribution is 0.221. The lowest BCUT2D eigenvalue weighted by Gasteiger charge is -2.09. The summed E-state index contributed by atoms with van der Waals surface area (Å²) in [5.74, 6) is 0. The van der Waals surface area contributed by atoms with Crippen LogP contribution in [0.15, 0.2) is 45.6 Å². The van der Waals surface area contributed by atoms with E-state index in [-0.39, 0.29) is 0 Å². The number of aliphatic hydroxyl groups is 1. The highest BCUT2D eigenvalue weighted by Gasteiger charge is 2.10. The van der Waals surface area contributed by atoms with Gasteiger partial charge < -0.3 is 5.11 Å². The maximum Gasteiger partial charge on any atom is 0.105 e. The molecule has 0 saturated carbocycles. The number of rotatable bonds is 2. The van der Waals surface area contributed by atoms with Crippen LogP contribution < -0.4 is 0 Å². The first-order valence-corrected chi connectivity index (χ1v) is 5.96. The van der Waals surface area contributed by atoms with Crippen molar-refractivity contribution in [2.45, 2.75) is 6.10 Å². The van der Waals surface area contributed by atoms with E-state index < -0.39 is 6.10 Å². The van der Waals surface area contributed by atoms with Gasteiger partial charge in [-0.1, -0.05) is 28.1 Å². The Kier molecular flexibility index (Phi) is 3.01. The number of aliphatic hydroxyl groups excluding tert-OH is 1. The molecular weight excluding hydrogens is 260 g/mol. The number of hydrogen-bond donors (Lipinski definition) is 1. The van der Waals surface area contributed by atoms with Crippen LogP contribution in [-0.2, 0) is 0 Å². The van der Waals surface area contributed by atoms with Gasteiger partial charge in [-0.2, -0.15) is 11.3 Å². The van der Waals surface area contributed by atoms with Crippen molar-refractivity contribution in [3.05, 3.63) is 56.7 Å². The molecule has 0 aliphatic rings. The van der Waals surface area contributed by atoms with Crippen LogP contribution in [0.25, 0.3) is 0 Å². The zero-order chi connectivity index (χ0) is 9.97. The molecule has 1 N–H and O–H groups in total. The van der Waals surface area contributed by atoms with Crippen LogP contribution in [0.3, 0.4) is 0 Å². The molecule has 0 spiro atoms. The molecule has 2 aromatic rings. The average Bonchev–Trinajstić information content (AvgIpc) is 2.69. The molecule has 0 aliphatic carbocycles. The van der Waals surface area contributed by atoms with Gasteiger partial charge in [0, 0.05) is 4.47 Å². The van der Waals surface area contributed by atoms with Gasteiger partial charge in [0.2, 0.25) is 0 Å². The normalized spacial score (nSPS) is 12.7. The third-order valence-corrected chi connectivity index (χ3v) is 3.22. The van der Waals surface area contributed by atoms with Crippen molar-refractivity contribution in [1.82, 2.24) is 0 Å². The van der Waals surface area contributed by atoms with Crippen LogP contribution in [0.2, 0.25) is 0 Å². The Hall–Kier alpha value is -0.640. The highest BCUT2D eigenvalue weighted by atomic mass is 79.9. The van der Waals surface area contributed by atoms with Gasteiger partial charge in [-0.05, 0) is 40.1 Å². The summed E-state index contributed by atoms with van der Waals surface area (Å²) in [6.45, 7) is 0. The van der Waals surface area contributed by atoms with Crippen molar-refractivity contribution >= 4 is 27.3 Å². The summed E-state index contributed by atoms with van der Waals surface area (Å²) in [6.07, 6.45) is -0.515. The summed E-state index contributed by atoms with van der Waals surface area (Å²) in [6, 6.07) is 9.67. The van der Waals surface area contributed by atoms with Crippen LogP contribution in [0.1, 0.15) is 17.2 Å². The number of hydrogen-bond acceptors (Lipinski definition) is 2. The molecule has 0 bridgehead atoms. The summed E-state index contributed by atoms with van der Waals surface area (Å²) in [4.78, 5) is 0. The Morgan fingerprint density at radius 3 is 2.71 bits per heavy atom. The van der Waals surface area contributed by atoms with E-state index in [1.54, 1.807) is 11.3 Å². The summed E-state index contributed by atoms with van der Waals surface area (Å²) < 4.78 is 0.990. The smallest absolute Gasteiger partial charge is 0.105 e. The van der Waals surface area contributed by atoms with Gasteiger partial charge in [-0.3, -0.25) is 0 Å². The predicted octanol–water partition coefficient (Wildman–Crippen LogP) is 3.59. The second kappa shape index (κ2) is 4.26. The molecule has 1 aromatic carbocycles. The van der Waals surface area contributed by atoms with E-state index in [2.05, 4.69) is 15.9 Å². The Bertz CT molecular complexity index is 411. The molecule has 0 saturated heterocycles. The van der Waals surface area contributed by atoms with Crippen molar-refractivity contribution in [2.75, 3.05) is 0 Å². The lowest BCUT2D eigenvalue weighted by atomic mass is 10.1. The lowest BCUT2D eigenvalue weighted by Crippen LogP contribution is -1.97. The third kappa shape index (κ3) is 2.05. The van der Waals surface area contributed by atoms with E-state index in [4.69, 9.17) is 0 Å². The summed E-state index contributed by atoms with van der Waals surface area (Å²) in [5.41, 5.74) is 1.87. The predicted molar refractivity (Wildman–Crippen MR) is 62.5 cm³/mol. The first kappa shape index (κ1) is 9.90. The SMILES string of the molecule is O[C@H](c1ccsc1)c1cccc(Br)c1. The van der Waals surface area contributed by atoms with Crippen molar-refractivity contribution < 1.29 is 5.11 Å². The second-order valence-corrected chi connectivity index (χ2v) is 4.71. The van der Waals surface area contributed by atoms with Crippen molar-refractivity contribution in [3.8, 4) is 0 Å². The molecule has 0 fully saturated rings. The summed E-state index contributed by atoms with van der Waals surface area (Å²) in [5, 5.41) is 13.9. The average molecular weight is 269 g/mol. The van der Waals surface area contributed by atoms with Gasteiger partial charge in [0.05, 0.1) is 0 Å². The minimum Gasteiger partial charge on any atom is -0.384 e. The molecule has 1 atom stereocenters. The second-order valence-electron chi connectivity index (χ2n) is 3.01. The first-order chi connectivity index (χ1) is 6.77. The number of halogens is 1. The van der Waals surface area contributed by atoms with Crippen LogP contribution in [0, 0.1) is 0 Å². The fraction of sp³-hybridized carbons (Fsp3) is 0.0909. The topological polar surface area (TPSA) is 20.2 Å². The molecule has 3 heteroatoms. The first-order valence-electron chi connectivity index (χ1n) is 4.23. The molecule has 0 amide bonds. The minimum absolute atomic E-state index is 0.515. The molecule has 0 aliphatic heterocycles. The Morgan fingerprint density at radius 2 is 2.07 bits per heavy atom. The standard InChI is InChI=1S/C11H9BrOS/c12-10-3-1-2-8(6-10)11(13)9-4-5-14-7-9/h1-7,11,13H/t11-/m0/s1. The third-order valence-electron chi connectivity index (χ3n) is 2.02. The summed E-state index contributed by atoms with van der Waals surface area (Å²) in [7, 11) is 0. The van der Waals surface area contributed by atoms with Gasteiger partial charge in [0.1, 0.15) is 6.10 Å². The molecule has 1 nitrogen and oxygen atoms in total. The Labute approximate surface area is 95.2 Å². The highest BCUT2D eigenvalue weighted by molar-refractivity contribution is 9.10. The summed E-state index contributed by atoms with van der Waals surface area (Å²) >= 11 is 4.98. The van der Waals surface area contributed by atoms with Crippen LogP contribution in [-0.4, -0.2) is 5.11 Å². The van der Waals surface area contributed by atoms with Gasteiger partial charge in [-0.15, -0.1) is 0 Å². The molecule has 1 heterocycles. The fourth-order valence-electron chi connectivity index (χ4n) is 1.30. The van der Waals surface area contributed by atoms with Crippen molar-refractivity contribution in [3.63, 3.8) is 0 Å². The van der Waals surface area contributed by atoms with E-state index in [1.165, 1.54) is 0 Å². The van der Waals surface area contributed by atoms with Crippen molar-refractivity contribution in [1.29, 1.82) is 0 Å². The quantitative estimate of drug-likeness (QED) is 0.883. The molecule has 0 unspecified atom stereocenters. The molecule has 2 rings (SSSR count).